The van der Waals surface area contributed by atoms with Gasteiger partial charge < -0.3 is 10.1 Å². The van der Waals surface area contributed by atoms with Crippen LogP contribution in [0.4, 0.5) is 0 Å². The second kappa shape index (κ2) is 6.78. The maximum atomic E-state index is 12.4. The van der Waals surface area contributed by atoms with E-state index < -0.39 is 0 Å². The number of methoxy groups -OCH3 is 1. The first kappa shape index (κ1) is 16.5. The first-order chi connectivity index (χ1) is 9.27. The van der Waals surface area contributed by atoms with E-state index in [9.17, 15) is 4.79 Å². The van der Waals surface area contributed by atoms with Gasteiger partial charge in [-0.05, 0) is 48.9 Å². The predicted octanol–water partition coefficient (Wildman–Crippen LogP) is 3.90. The van der Waals surface area contributed by atoms with E-state index in [1.807, 2.05) is 26.0 Å². The molecule has 1 N–H and O–H groups in total. The van der Waals surface area contributed by atoms with Gasteiger partial charge >= 0.3 is 0 Å². The summed E-state index contributed by atoms with van der Waals surface area (Å²) in [6.07, 6.45) is 0. The summed E-state index contributed by atoms with van der Waals surface area (Å²) in [4.78, 5) is 12.4. The molecule has 1 aromatic rings. The van der Waals surface area contributed by atoms with Gasteiger partial charge in [0.25, 0.3) is 5.91 Å². The molecule has 1 rings (SSSR count). The van der Waals surface area contributed by atoms with Crippen LogP contribution in [0.3, 0.4) is 0 Å². The van der Waals surface area contributed by atoms with E-state index >= 15 is 0 Å². The molecule has 0 saturated heterocycles. The standard InChI is InChI=1S/C17H27NO2/c1-10(2)13(6)18-17(19)15-9-14(11(3)4)16(20-7)8-12(15)5/h8-11,13H,1-7H3,(H,18,19)/t13-/m0/s1. The Morgan fingerprint density at radius 3 is 2.20 bits per heavy atom. The van der Waals surface area contributed by atoms with Crippen molar-refractivity contribution in [3.05, 3.63) is 28.8 Å². The summed E-state index contributed by atoms with van der Waals surface area (Å²) in [5, 5.41) is 3.06. The molecule has 0 radical (unpaired) electrons. The number of ether oxygens (including phenoxy) is 1. The van der Waals surface area contributed by atoms with E-state index in [1.54, 1.807) is 7.11 Å². The van der Waals surface area contributed by atoms with E-state index in [1.165, 1.54) is 0 Å². The molecule has 0 bridgehead atoms. The number of aryl methyl sites for hydroxylation is 1. The molecule has 0 aromatic heterocycles. The molecule has 0 fully saturated rings. The minimum Gasteiger partial charge on any atom is -0.496 e. The number of amides is 1. The number of carbonyl (C=O) groups excluding carboxylic acids is 1. The molecule has 0 aliphatic carbocycles. The van der Waals surface area contributed by atoms with E-state index in [0.717, 1.165) is 22.4 Å². The molecule has 0 heterocycles. The van der Waals surface area contributed by atoms with Gasteiger partial charge in [0.2, 0.25) is 0 Å². The molecule has 0 spiro atoms. The van der Waals surface area contributed by atoms with Crippen LogP contribution in [0.2, 0.25) is 0 Å². The van der Waals surface area contributed by atoms with Gasteiger partial charge in [0.05, 0.1) is 7.11 Å². The quantitative estimate of drug-likeness (QED) is 0.886. The molecule has 0 saturated carbocycles. The Balaban J connectivity index is 3.12. The molecule has 112 valence electrons. The van der Waals surface area contributed by atoms with Gasteiger partial charge in [-0.2, -0.15) is 0 Å². The summed E-state index contributed by atoms with van der Waals surface area (Å²) in [6, 6.07) is 4.07. The fourth-order valence-corrected chi connectivity index (χ4v) is 2.02. The minimum atomic E-state index is -0.00625. The van der Waals surface area contributed by atoms with Crippen molar-refractivity contribution in [2.24, 2.45) is 5.92 Å². The smallest absolute Gasteiger partial charge is 0.251 e. The summed E-state index contributed by atoms with van der Waals surface area (Å²) >= 11 is 0. The molecule has 1 amide bonds. The molecule has 3 heteroatoms. The Hall–Kier alpha value is -1.51. The summed E-state index contributed by atoms with van der Waals surface area (Å²) < 4.78 is 5.41. The maximum absolute atomic E-state index is 12.4. The molecule has 3 nitrogen and oxygen atoms in total. The van der Waals surface area contributed by atoms with Gasteiger partial charge in [-0.3, -0.25) is 4.79 Å². The molecule has 0 aliphatic heterocycles. The number of hydrogen-bond donors (Lipinski definition) is 1. The van der Waals surface area contributed by atoms with Crippen LogP contribution < -0.4 is 10.1 Å². The number of hydrogen-bond acceptors (Lipinski definition) is 2. The first-order valence-electron chi connectivity index (χ1n) is 7.27. The van der Waals surface area contributed by atoms with Gasteiger partial charge in [-0.15, -0.1) is 0 Å². The second-order valence-corrected chi connectivity index (χ2v) is 6.07. The van der Waals surface area contributed by atoms with Crippen molar-refractivity contribution < 1.29 is 9.53 Å². The molecule has 1 aromatic carbocycles. The lowest BCUT2D eigenvalue weighted by Crippen LogP contribution is -2.36. The Labute approximate surface area is 122 Å². The van der Waals surface area contributed by atoms with E-state index in [0.29, 0.717) is 11.8 Å². The summed E-state index contributed by atoms with van der Waals surface area (Å²) in [5.41, 5.74) is 2.75. The van der Waals surface area contributed by atoms with Crippen molar-refractivity contribution in [2.45, 2.75) is 53.5 Å². The van der Waals surface area contributed by atoms with Gasteiger partial charge in [0.1, 0.15) is 5.75 Å². The van der Waals surface area contributed by atoms with E-state index in [4.69, 9.17) is 4.74 Å². The normalized spacial score (nSPS) is 12.7. The highest BCUT2D eigenvalue weighted by atomic mass is 16.5. The summed E-state index contributed by atoms with van der Waals surface area (Å²) in [7, 11) is 1.67. The van der Waals surface area contributed by atoms with Gasteiger partial charge in [0.15, 0.2) is 0 Å². The number of rotatable bonds is 5. The molecule has 1 atom stereocenters. The third-order valence-electron chi connectivity index (χ3n) is 3.80. The maximum Gasteiger partial charge on any atom is 0.251 e. The van der Waals surface area contributed by atoms with Crippen molar-refractivity contribution in [3.8, 4) is 5.75 Å². The van der Waals surface area contributed by atoms with Crippen LogP contribution in [0.15, 0.2) is 12.1 Å². The van der Waals surface area contributed by atoms with E-state index in [-0.39, 0.29) is 11.9 Å². The van der Waals surface area contributed by atoms with Crippen LogP contribution in [-0.2, 0) is 0 Å². The number of benzene rings is 1. The SMILES string of the molecule is COc1cc(C)c(C(=O)N[C@@H](C)C(C)C)cc1C(C)C. The average molecular weight is 277 g/mol. The molecular weight excluding hydrogens is 250 g/mol. The van der Waals surface area contributed by atoms with Crippen molar-refractivity contribution >= 4 is 5.91 Å². The van der Waals surface area contributed by atoms with Crippen LogP contribution >= 0.6 is 0 Å². The number of carbonyl (C=O) groups is 1. The predicted molar refractivity (Wildman–Crippen MR) is 83.6 cm³/mol. The Morgan fingerprint density at radius 1 is 1.15 bits per heavy atom. The monoisotopic (exact) mass is 277 g/mol. The van der Waals surface area contributed by atoms with Gasteiger partial charge in [0, 0.05) is 11.6 Å². The van der Waals surface area contributed by atoms with Crippen LogP contribution in [0.5, 0.6) is 5.75 Å². The average Bonchev–Trinajstić information content (AvgIpc) is 2.37. The Bertz CT molecular complexity index is 478. The highest BCUT2D eigenvalue weighted by molar-refractivity contribution is 5.96. The minimum absolute atomic E-state index is 0.00625. The lowest BCUT2D eigenvalue weighted by atomic mass is 9.95. The zero-order valence-corrected chi connectivity index (χ0v) is 13.7. The van der Waals surface area contributed by atoms with Crippen molar-refractivity contribution in [1.29, 1.82) is 0 Å². The molecule has 20 heavy (non-hydrogen) atoms. The number of nitrogens with one attached hydrogen (secondary N) is 1. The third-order valence-corrected chi connectivity index (χ3v) is 3.80. The topological polar surface area (TPSA) is 38.3 Å². The van der Waals surface area contributed by atoms with Crippen LogP contribution in [-0.4, -0.2) is 19.1 Å². The lowest BCUT2D eigenvalue weighted by Gasteiger charge is -2.20. The molecule has 0 aliphatic rings. The van der Waals surface area contributed by atoms with Gasteiger partial charge in [-0.1, -0.05) is 27.7 Å². The highest BCUT2D eigenvalue weighted by Gasteiger charge is 2.18. The van der Waals surface area contributed by atoms with Gasteiger partial charge in [-0.25, -0.2) is 0 Å². The third kappa shape index (κ3) is 3.75. The molecular formula is C17H27NO2. The van der Waals surface area contributed by atoms with Crippen LogP contribution in [0, 0.1) is 12.8 Å². The lowest BCUT2D eigenvalue weighted by molar-refractivity contribution is 0.0929. The van der Waals surface area contributed by atoms with Crippen molar-refractivity contribution in [3.63, 3.8) is 0 Å². The Kier molecular flexibility index (Phi) is 5.61. The highest BCUT2D eigenvalue weighted by Crippen LogP contribution is 2.29. The first-order valence-corrected chi connectivity index (χ1v) is 7.27. The molecule has 0 unspecified atom stereocenters. The summed E-state index contributed by atoms with van der Waals surface area (Å²) in [6.45, 7) is 12.4. The van der Waals surface area contributed by atoms with Crippen LogP contribution in [0.1, 0.15) is 62.0 Å². The van der Waals surface area contributed by atoms with Crippen LogP contribution in [0.25, 0.3) is 0 Å². The summed E-state index contributed by atoms with van der Waals surface area (Å²) in [5.74, 6) is 1.58. The van der Waals surface area contributed by atoms with Crippen molar-refractivity contribution in [2.75, 3.05) is 7.11 Å². The fourth-order valence-electron chi connectivity index (χ4n) is 2.02. The Morgan fingerprint density at radius 2 is 1.75 bits per heavy atom. The second-order valence-electron chi connectivity index (χ2n) is 6.07. The largest absolute Gasteiger partial charge is 0.496 e. The zero-order chi connectivity index (χ0) is 15.4. The fraction of sp³-hybridized carbons (Fsp3) is 0.588. The van der Waals surface area contributed by atoms with Crippen molar-refractivity contribution in [1.82, 2.24) is 5.32 Å². The van der Waals surface area contributed by atoms with E-state index in [2.05, 4.69) is 33.0 Å². The zero-order valence-electron chi connectivity index (χ0n) is 13.7.